The van der Waals surface area contributed by atoms with Crippen LogP contribution in [-0.4, -0.2) is 96.8 Å². The van der Waals surface area contributed by atoms with E-state index in [-0.39, 0.29) is 29.9 Å². The van der Waals surface area contributed by atoms with E-state index in [4.69, 9.17) is 14.2 Å². The first-order valence-electron chi connectivity index (χ1n) is 12.6. The van der Waals surface area contributed by atoms with Gasteiger partial charge in [-0.25, -0.2) is 0 Å². The third-order valence-electron chi connectivity index (χ3n) is 6.58. The molecule has 37 heavy (non-hydrogen) atoms. The molecular weight excluding hydrogens is 498 g/mol. The quantitative estimate of drug-likeness (QED) is 0.472. The number of hydrogen-bond acceptors (Lipinski definition) is 8. The highest BCUT2D eigenvalue weighted by Gasteiger charge is 2.37. The zero-order chi connectivity index (χ0) is 26.4. The summed E-state index contributed by atoms with van der Waals surface area (Å²) in [6, 6.07) is 5.10. The van der Waals surface area contributed by atoms with Crippen molar-refractivity contribution in [2.24, 2.45) is 5.92 Å². The lowest BCUT2D eigenvalue weighted by molar-refractivity contribution is -0.137. The van der Waals surface area contributed by atoms with Crippen molar-refractivity contribution in [3.63, 3.8) is 0 Å². The van der Waals surface area contributed by atoms with Crippen LogP contribution in [0.5, 0.6) is 11.5 Å². The van der Waals surface area contributed by atoms with Crippen LogP contribution in [0.15, 0.2) is 23.1 Å². The summed E-state index contributed by atoms with van der Waals surface area (Å²) < 4.78 is 16.7. The highest BCUT2D eigenvalue weighted by Crippen LogP contribution is 2.35. The molecule has 4 rings (SSSR count). The van der Waals surface area contributed by atoms with Gasteiger partial charge in [-0.2, -0.15) is 0 Å². The van der Waals surface area contributed by atoms with Gasteiger partial charge in [0.05, 0.1) is 24.7 Å². The van der Waals surface area contributed by atoms with Gasteiger partial charge in [0.15, 0.2) is 18.1 Å². The van der Waals surface area contributed by atoms with Gasteiger partial charge in [0, 0.05) is 26.2 Å². The molecular formula is C26H33N3O7S. The summed E-state index contributed by atoms with van der Waals surface area (Å²) in [4.78, 5) is 55.2. The number of carbonyl (C=O) groups excluding carboxylic acids is 4. The number of benzene rings is 1. The first-order chi connectivity index (χ1) is 17.9. The Kier molecular flexibility index (Phi) is 9.09. The minimum atomic E-state index is -0.483. The minimum absolute atomic E-state index is 0.123. The molecule has 1 aromatic rings. The Morgan fingerprint density at radius 2 is 1.73 bits per heavy atom. The summed E-state index contributed by atoms with van der Waals surface area (Å²) in [5.74, 6) is 0.602. The molecule has 3 aliphatic rings. The number of piperidine rings is 1. The number of thioether (sulfide) groups is 1. The highest BCUT2D eigenvalue weighted by molar-refractivity contribution is 8.18. The van der Waals surface area contributed by atoms with E-state index >= 15 is 0 Å². The first-order valence-corrected chi connectivity index (χ1v) is 13.5. The van der Waals surface area contributed by atoms with Gasteiger partial charge in [0.2, 0.25) is 5.91 Å². The molecule has 3 aliphatic heterocycles. The normalized spacial score (nSPS) is 20.1. The van der Waals surface area contributed by atoms with Crippen LogP contribution in [0.2, 0.25) is 0 Å². The molecule has 0 aromatic heterocycles. The maximum Gasteiger partial charge on any atom is 0.294 e. The number of morpholine rings is 1. The molecule has 3 saturated heterocycles. The smallest absolute Gasteiger partial charge is 0.294 e. The second-order valence-electron chi connectivity index (χ2n) is 9.25. The lowest BCUT2D eigenvalue weighted by atomic mass is 9.99. The molecule has 11 heteroatoms. The maximum absolute atomic E-state index is 12.9. The van der Waals surface area contributed by atoms with Crippen molar-refractivity contribution in [2.75, 3.05) is 59.2 Å². The van der Waals surface area contributed by atoms with E-state index in [0.717, 1.165) is 29.5 Å². The lowest BCUT2D eigenvalue weighted by Crippen LogP contribution is -2.45. The SMILES string of the molecule is CCOc1cc(/C=C2\SC(=O)N(CC(=O)N3CCC(C)CC3)C2=O)ccc1OCC(=O)N1CCOCC1. The Bertz CT molecular complexity index is 1060. The lowest BCUT2D eigenvalue weighted by Gasteiger charge is -2.31. The molecule has 10 nitrogen and oxygen atoms in total. The Morgan fingerprint density at radius 1 is 1.03 bits per heavy atom. The number of rotatable bonds is 8. The fraction of sp³-hybridized carbons (Fsp3) is 0.538. The summed E-state index contributed by atoms with van der Waals surface area (Å²) >= 11 is 0.814. The van der Waals surface area contributed by atoms with Crippen LogP contribution in [0, 0.1) is 5.92 Å². The number of imide groups is 1. The van der Waals surface area contributed by atoms with Crippen molar-refractivity contribution >= 4 is 40.8 Å². The second-order valence-corrected chi connectivity index (χ2v) is 10.2. The van der Waals surface area contributed by atoms with Gasteiger partial charge in [-0.1, -0.05) is 13.0 Å². The number of nitrogens with zero attached hydrogens (tertiary/aromatic N) is 3. The van der Waals surface area contributed by atoms with E-state index < -0.39 is 11.1 Å². The molecule has 0 radical (unpaired) electrons. The van der Waals surface area contributed by atoms with Gasteiger partial charge < -0.3 is 24.0 Å². The molecule has 0 spiro atoms. The van der Waals surface area contributed by atoms with Gasteiger partial charge in [-0.05, 0) is 61.2 Å². The highest BCUT2D eigenvalue weighted by atomic mass is 32.2. The number of ether oxygens (including phenoxy) is 3. The van der Waals surface area contributed by atoms with Crippen molar-refractivity contribution in [3.05, 3.63) is 28.7 Å². The summed E-state index contributed by atoms with van der Waals surface area (Å²) in [6.07, 6.45) is 3.46. The van der Waals surface area contributed by atoms with Gasteiger partial charge >= 0.3 is 0 Å². The molecule has 0 atom stereocenters. The van der Waals surface area contributed by atoms with E-state index in [2.05, 4.69) is 6.92 Å². The Balaban J connectivity index is 1.40. The number of carbonyl (C=O) groups is 4. The molecule has 4 amide bonds. The van der Waals surface area contributed by atoms with Crippen molar-refractivity contribution in [1.29, 1.82) is 0 Å². The zero-order valence-electron chi connectivity index (χ0n) is 21.3. The fourth-order valence-electron chi connectivity index (χ4n) is 4.33. The molecule has 3 heterocycles. The van der Waals surface area contributed by atoms with Crippen molar-refractivity contribution in [3.8, 4) is 11.5 Å². The maximum atomic E-state index is 12.9. The van der Waals surface area contributed by atoms with Crippen LogP contribution in [0.1, 0.15) is 32.3 Å². The monoisotopic (exact) mass is 531 g/mol. The summed E-state index contributed by atoms with van der Waals surface area (Å²) in [5.41, 5.74) is 0.636. The Hall–Kier alpha value is -3.05. The third-order valence-corrected chi connectivity index (χ3v) is 7.49. The average molecular weight is 532 g/mol. The average Bonchev–Trinajstić information content (AvgIpc) is 3.16. The van der Waals surface area contributed by atoms with Gasteiger partial charge in [0.1, 0.15) is 6.54 Å². The Morgan fingerprint density at radius 3 is 2.43 bits per heavy atom. The summed E-state index contributed by atoms with van der Waals surface area (Å²) in [6.45, 7) is 7.41. The topological polar surface area (TPSA) is 106 Å². The third kappa shape index (κ3) is 6.84. The molecule has 0 saturated carbocycles. The van der Waals surface area contributed by atoms with Crippen LogP contribution < -0.4 is 9.47 Å². The van der Waals surface area contributed by atoms with Gasteiger partial charge in [0.25, 0.3) is 17.1 Å². The van der Waals surface area contributed by atoms with E-state index in [1.165, 1.54) is 0 Å². The number of likely N-dealkylation sites (tertiary alicyclic amines) is 1. The van der Waals surface area contributed by atoms with Crippen molar-refractivity contribution in [2.45, 2.75) is 26.7 Å². The zero-order valence-corrected chi connectivity index (χ0v) is 22.1. The molecule has 200 valence electrons. The van der Waals surface area contributed by atoms with Crippen LogP contribution in [-0.2, 0) is 19.1 Å². The first kappa shape index (κ1) is 27.0. The predicted octanol–water partition coefficient (Wildman–Crippen LogP) is 2.62. The molecule has 0 aliphatic carbocycles. The summed E-state index contributed by atoms with van der Waals surface area (Å²) in [7, 11) is 0. The van der Waals surface area contributed by atoms with E-state index in [0.29, 0.717) is 69.0 Å². The standard InChI is InChI=1S/C26H33N3O7S/c1-3-35-21-14-19(4-5-20(21)36-17-24(31)28-10-12-34-13-11-28)15-22-25(32)29(26(33)37-22)16-23(30)27-8-6-18(2)7-9-27/h4-5,14-15,18H,3,6-13,16-17H2,1-2H3/b22-15-. The van der Waals surface area contributed by atoms with Crippen LogP contribution in [0.25, 0.3) is 6.08 Å². The van der Waals surface area contributed by atoms with Crippen molar-refractivity contribution < 1.29 is 33.4 Å². The largest absolute Gasteiger partial charge is 0.490 e. The molecule has 0 bridgehead atoms. The number of amides is 4. The summed E-state index contributed by atoms with van der Waals surface area (Å²) in [5, 5.41) is -0.457. The van der Waals surface area contributed by atoms with E-state index in [1.54, 1.807) is 34.1 Å². The van der Waals surface area contributed by atoms with Gasteiger partial charge in [-0.3, -0.25) is 24.1 Å². The molecule has 0 unspecified atom stereocenters. The molecule has 0 N–H and O–H groups in total. The predicted molar refractivity (Wildman–Crippen MR) is 138 cm³/mol. The number of hydrogen-bond donors (Lipinski definition) is 0. The van der Waals surface area contributed by atoms with E-state index in [9.17, 15) is 19.2 Å². The second kappa shape index (κ2) is 12.5. The van der Waals surface area contributed by atoms with Gasteiger partial charge in [-0.15, -0.1) is 0 Å². The van der Waals surface area contributed by atoms with Crippen LogP contribution in [0.3, 0.4) is 0 Å². The van der Waals surface area contributed by atoms with Crippen LogP contribution >= 0.6 is 11.8 Å². The van der Waals surface area contributed by atoms with Crippen molar-refractivity contribution in [1.82, 2.24) is 14.7 Å². The fourth-order valence-corrected chi connectivity index (χ4v) is 5.16. The van der Waals surface area contributed by atoms with Crippen LogP contribution in [0.4, 0.5) is 4.79 Å². The molecule has 3 fully saturated rings. The molecule has 1 aromatic carbocycles. The minimum Gasteiger partial charge on any atom is -0.490 e. The Labute approximate surface area is 220 Å². The van der Waals surface area contributed by atoms with E-state index in [1.807, 2.05) is 6.92 Å².